The standard InChI is InChI=1S/C35H28FN3O3S/c1-23(33(40)38-31-20-8-7-19-30(31)36)43-28-17-10-16-27(22-28)37-35(42)32(39-34(41)25-12-3-2-4-13-25)21-26-15-9-14-24-11-5-6-18-29(24)26/h2-23H,1H3,(H,37,42)(H,38,40)(H,39,41)/b32-21+. The highest BCUT2D eigenvalue weighted by molar-refractivity contribution is 8.00. The van der Waals surface area contributed by atoms with Crippen LogP contribution in [-0.2, 0) is 9.59 Å². The predicted octanol–water partition coefficient (Wildman–Crippen LogP) is 7.51. The second-order valence-corrected chi connectivity index (χ2v) is 11.1. The van der Waals surface area contributed by atoms with Gasteiger partial charge in [-0.15, -0.1) is 11.8 Å². The monoisotopic (exact) mass is 589 g/mol. The maximum Gasteiger partial charge on any atom is 0.272 e. The summed E-state index contributed by atoms with van der Waals surface area (Å²) in [4.78, 5) is 40.1. The van der Waals surface area contributed by atoms with Crippen LogP contribution >= 0.6 is 11.8 Å². The average molecular weight is 590 g/mol. The number of amides is 3. The van der Waals surface area contributed by atoms with Crippen LogP contribution in [0.2, 0.25) is 0 Å². The Balaban J connectivity index is 1.36. The first kappa shape index (κ1) is 29.3. The van der Waals surface area contributed by atoms with Gasteiger partial charge in [-0.3, -0.25) is 14.4 Å². The molecule has 3 amide bonds. The Hall–Kier alpha value is -5.21. The number of benzene rings is 5. The molecule has 0 aromatic heterocycles. The number of nitrogens with one attached hydrogen (secondary N) is 3. The van der Waals surface area contributed by atoms with Gasteiger partial charge in [0.1, 0.15) is 11.5 Å². The van der Waals surface area contributed by atoms with Crippen molar-refractivity contribution in [3.05, 3.63) is 144 Å². The molecule has 0 radical (unpaired) electrons. The van der Waals surface area contributed by atoms with Gasteiger partial charge in [0.15, 0.2) is 0 Å². The Morgan fingerprint density at radius 3 is 2.28 bits per heavy atom. The van der Waals surface area contributed by atoms with Gasteiger partial charge in [0.25, 0.3) is 11.8 Å². The molecule has 1 atom stereocenters. The zero-order valence-electron chi connectivity index (χ0n) is 23.2. The number of anilines is 2. The van der Waals surface area contributed by atoms with Gasteiger partial charge in [-0.2, -0.15) is 0 Å². The fourth-order valence-electron chi connectivity index (χ4n) is 4.37. The van der Waals surface area contributed by atoms with Gasteiger partial charge in [0.05, 0.1) is 10.9 Å². The number of carbonyl (C=O) groups is 3. The van der Waals surface area contributed by atoms with Gasteiger partial charge in [0, 0.05) is 16.1 Å². The van der Waals surface area contributed by atoms with Crippen molar-refractivity contribution < 1.29 is 18.8 Å². The fraction of sp³-hybridized carbons (Fsp3) is 0.0571. The molecule has 6 nitrogen and oxygen atoms in total. The first-order valence-electron chi connectivity index (χ1n) is 13.6. The minimum Gasteiger partial charge on any atom is -0.323 e. The van der Waals surface area contributed by atoms with Crippen LogP contribution in [0.4, 0.5) is 15.8 Å². The lowest BCUT2D eigenvalue weighted by molar-refractivity contribution is -0.115. The Labute approximate surface area is 253 Å². The maximum atomic E-state index is 14.0. The summed E-state index contributed by atoms with van der Waals surface area (Å²) in [7, 11) is 0. The summed E-state index contributed by atoms with van der Waals surface area (Å²) in [5, 5.41) is 9.65. The topological polar surface area (TPSA) is 87.3 Å². The van der Waals surface area contributed by atoms with Crippen molar-refractivity contribution >= 4 is 57.7 Å². The molecule has 3 N–H and O–H groups in total. The molecule has 1 unspecified atom stereocenters. The second kappa shape index (κ2) is 13.6. The number of fused-ring (bicyclic) bond motifs is 1. The number of thioether (sulfide) groups is 1. The molecule has 0 aliphatic carbocycles. The van der Waals surface area contributed by atoms with E-state index in [1.54, 1.807) is 67.6 Å². The third kappa shape index (κ3) is 7.55. The maximum absolute atomic E-state index is 14.0. The number of para-hydroxylation sites is 1. The Bertz CT molecular complexity index is 1820. The summed E-state index contributed by atoms with van der Waals surface area (Å²) in [6.45, 7) is 1.72. The van der Waals surface area contributed by atoms with E-state index in [-0.39, 0.29) is 17.3 Å². The lowest BCUT2D eigenvalue weighted by atomic mass is 10.0. The van der Waals surface area contributed by atoms with Crippen LogP contribution in [0.1, 0.15) is 22.8 Å². The van der Waals surface area contributed by atoms with Gasteiger partial charge >= 0.3 is 0 Å². The highest BCUT2D eigenvalue weighted by Crippen LogP contribution is 2.27. The van der Waals surface area contributed by atoms with E-state index in [9.17, 15) is 18.8 Å². The van der Waals surface area contributed by atoms with Gasteiger partial charge in [0.2, 0.25) is 5.91 Å². The van der Waals surface area contributed by atoms with E-state index in [1.807, 2.05) is 54.6 Å². The zero-order valence-corrected chi connectivity index (χ0v) is 24.0. The van der Waals surface area contributed by atoms with Crippen LogP contribution in [0, 0.1) is 5.82 Å². The summed E-state index contributed by atoms with van der Waals surface area (Å²) in [5.41, 5.74) is 1.86. The SMILES string of the molecule is CC(Sc1cccc(NC(=O)/C(=C\c2cccc3ccccc23)NC(=O)c2ccccc2)c1)C(=O)Nc1ccccc1F. The summed E-state index contributed by atoms with van der Waals surface area (Å²) < 4.78 is 14.0. The summed E-state index contributed by atoms with van der Waals surface area (Å²) in [6.07, 6.45) is 1.66. The number of hydrogen-bond donors (Lipinski definition) is 3. The Morgan fingerprint density at radius 1 is 0.767 bits per heavy atom. The molecular formula is C35H28FN3O3S. The third-order valence-corrected chi connectivity index (χ3v) is 7.65. The van der Waals surface area contributed by atoms with Gasteiger partial charge in [-0.05, 0) is 71.8 Å². The van der Waals surface area contributed by atoms with Crippen molar-refractivity contribution in [3.8, 4) is 0 Å². The Kier molecular flexibility index (Phi) is 9.29. The van der Waals surface area contributed by atoms with Gasteiger partial charge < -0.3 is 16.0 Å². The average Bonchev–Trinajstić information content (AvgIpc) is 3.02. The number of rotatable bonds is 9. The second-order valence-electron chi connectivity index (χ2n) is 9.66. The van der Waals surface area contributed by atoms with Crippen LogP contribution in [-0.4, -0.2) is 23.0 Å². The normalized spacial score (nSPS) is 11.9. The van der Waals surface area contributed by atoms with E-state index in [0.29, 0.717) is 11.3 Å². The predicted molar refractivity (Wildman–Crippen MR) is 171 cm³/mol. The lowest BCUT2D eigenvalue weighted by Gasteiger charge is -2.14. The first-order chi connectivity index (χ1) is 20.9. The molecule has 5 rings (SSSR count). The summed E-state index contributed by atoms with van der Waals surface area (Å²) in [5.74, 6) is -1.79. The molecule has 0 saturated heterocycles. The van der Waals surface area contributed by atoms with E-state index in [2.05, 4.69) is 16.0 Å². The molecule has 0 aliphatic heterocycles. The van der Waals surface area contributed by atoms with Crippen LogP contribution in [0.3, 0.4) is 0 Å². The van der Waals surface area contributed by atoms with Crippen LogP contribution in [0.25, 0.3) is 16.8 Å². The highest BCUT2D eigenvalue weighted by Gasteiger charge is 2.18. The molecule has 0 heterocycles. The lowest BCUT2D eigenvalue weighted by Crippen LogP contribution is -2.30. The van der Waals surface area contributed by atoms with Crippen LogP contribution < -0.4 is 16.0 Å². The summed E-state index contributed by atoms with van der Waals surface area (Å²) >= 11 is 1.27. The van der Waals surface area contributed by atoms with Crippen LogP contribution in [0.15, 0.2) is 132 Å². The zero-order chi connectivity index (χ0) is 30.2. The van der Waals surface area contributed by atoms with Crippen molar-refractivity contribution in [3.63, 3.8) is 0 Å². The van der Waals surface area contributed by atoms with Crippen LogP contribution in [0.5, 0.6) is 0 Å². The first-order valence-corrected chi connectivity index (χ1v) is 14.4. The van der Waals surface area contributed by atoms with E-state index in [1.165, 1.54) is 23.9 Å². The third-order valence-electron chi connectivity index (χ3n) is 6.56. The van der Waals surface area contributed by atoms with E-state index < -0.39 is 22.9 Å². The quantitative estimate of drug-likeness (QED) is 0.123. The number of hydrogen-bond acceptors (Lipinski definition) is 4. The van der Waals surface area contributed by atoms with E-state index >= 15 is 0 Å². The minimum atomic E-state index is -0.544. The van der Waals surface area contributed by atoms with Crippen molar-refractivity contribution in [2.45, 2.75) is 17.1 Å². The molecule has 0 bridgehead atoms. The molecule has 5 aromatic rings. The molecular weight excluding hydrogens is 561 g/mol. The molecule has 8 heteroatoms. The fourth-order valence-corrected chi connectivity index (χ4v) is 5.30. The van der Waals surface area contributed by atoms with E-state index in [0.717, 1.165) is 21.2 Å². The van der Waals surface area contributed by atoms with Gasteiger partial charge in [-0.1, -0.05) is 78.9 Å². The Morgan fingerprint density at radius 2 is 1.47 bits per heavy atom. The number of halogens is 1. The van der Waals surface area contributed by atoms with Crippen molar-refractivity contribution in [1.29, 1.82) is 0 Å². The van der Waals surface area contributed by atoms with Crippen molar-refractivity contribution in [2.75, 3.05) is 10.6 Å². The van der Waals surface area contributed by atoms with Gasteiger partial charge in [-0.25, -0.2) is 4.39 Å². The molecule has 0 spiro atoms. The minimum absolute atomic E-state index is 0.0703. The largest absolute Gasteiger partial charge is 0.323 e. The molecule has 5 aromatic carbocycles. The molecule has 214 valence electrons. The molecule has 43 heavy (non-hydrogen) atoms. The number of carbonyl (C=O) groups excluding carboxylic acids is 3. The van der Waals surface area contributed by atoms with E-state index in [4.69, 9.17) is 0 Å². The smallest absolute Gasteiger partial charge is 0.272 e. The highest BCUT2D eigenvalue weighted by atomic mass is 32.2. The van der Waals surface area contributed by atoms with Crippen molar-refractivity contribution in [2.24, 2.45) is 0 Å². The van der Waals surface area contributed by atoms with Crippen molar-refractivity contribution in [1.82, 2.24) is 5.32 Å². The molecule has 0 fully saturated rings. The summed E-state index contributed by atoms with van der Waals surface area (Å²) in [6, 6.07) is 35.3. The molecule has 0 saturated carbocycles. The molecule has 0 aliphatic rings.